The van der Waals surface area contributed by atoms with Crippen molar-refractivity contribution in [2.45, 2.75) is 18.8 Å². The quantitative estimate of drug-likeness (QED) is 0.720. The number of para-hydroxylation sites is 1. The first-order valence-electron chi connectivity index (χ1n) is 7.49. The second-order valence-corrected chi connectivity index (χ2v) is 7.75. The Bertz CT molecular complexity index is 784. The van der Waals surface area contributed by atoms with E-state index in [2.05, 4.69) is 0 Å². The number of sulfone groups is 1. The third-order valence-electron chi connectivity index (χ3n) is 3.13. The third kappa shape index (κ3) is 6.04. The smallest absolute Gasteiger partial charge is 0.338 e. The fourth-order valence-corrected chi connectivity index (χ4v) is 2.89. The maximum atomic E-state index is 12.2. The Balaban J connectivity index is 1.93. The van der Waals surface area contributed by atoms with Crippen LogP contribution in [0.3, 0.4) is 0 Å². The average molecular weight is 348 g/mol. The van der Waals surface area contributed by atoms with E-state index in [1.807, 2.05) is 30.3 Å². The minimum Gasteiger partial charge on any atom is -0.490 e. The molecular weight excluding hydrogens is 328 g/mol. The molecule has 0 aliphatic rings. The van der Waals surface area contributed by atoms with Crippen molar-refractivity contribution in [3.63, 3.8) is 0 Å². The minimum atomic E-state index is -3.15. The van der Waals surface area contributed by atoms with Gasteiger partial charge in [0.2, 0.25) is 0 Å². The summed E-state index contributed by atoms with van der Waals surface area (Å²) >= 11 is 0. The van der Waals surface area contributed by atoms with Gasteiger partial charge in [0.1, 0.15) is 18.5 Å². The van der Waals surface area contributed by atoms with Gasteiger partial charge in [0, 0.05) is 6.26 Å². The fraction of sp³-hybridized carbons (Fsp3) is 0.278. The molecule has 0 radical (unpaired) electrons. The lowest BCUT2D eigenvalue weighted by Gasteiger charge is -2.14. The summed E-state index contributed by atoms with van der Waals surface area (Å²) in [6.07, 6.45) is 0.720. The SMILES string of the molecule is CC(COc1ccccc1)OC(=O)c1cccc(CS(C)(=O)=O)c1. The number of benzene rings is 2. The Hall–Kier alpha value is -2.34. The summed E-state index contributed by atoms with van der Waals surface area (Å²) in [5, 5.41) is 0. The number of rotatable bonds is 7. The van der Waals surface area contributed by atoms with Crippen molar-refractivity contribution < 1.29 is 22.7 Å². The second-order valence-electron chi connectivity index (χ2n) is 5.61. The van der Waals surface area contributed by atoms with Crippen LogP contribution >= 0.6 is 0 Å². The van der Waals surface area contributed by atoms with E-state index in [9.17, 15) is 13.2 Å². The van der Waals surface area contributed by atoms with E-state index in [0.29, 0.717) is 16.9 Å². The number of carbonyl (C=O) groups is 1. The summed E-state index contributed by atoms with van der Waals surface area (Å²) in [6, 6.07) is 15.7. The maximum absolute atomic E-state index is 12.2. The molecule has 0 saturated carbocycles. The molecule has 128 valence electrons. The van der Waals surface area contributed by atoms with Crippen molar-refractivity contribution >= 4 is 15.8 Å². The van der Waals surface area contributed by atoms with Gasteiger partial charge < -0.3 is 9.47 Å². The molecule has 0 aliphatic heterocycles. The summed E-state index contributed by atoms with van der Waals surface area (Å²) in [5.41, 5.74) is 0.878. The van der Waals surface area contributed by atoms with Gasteiger partial charge in [-0.1, -0.05) is 30.3 Å². The highest BCUT2D eigenvalue weighted by Gasteiger charge is 2.14. The maximum Gasteiger partial charge on any atom is 0.338 e. The van der Waals surface area contributed by atoms with E-state index in [1.54, 1.807) is 25.1 Å². The molecule has 5 nitrogen and oxygen atoms in total. The molecule has 1 atom stereocenters. The van der Waals surface area contributed by atoms with E-state index in [4.69, 9.17) is 9.47 Å². The first kappa shape index (κ1) is 18.0. The minimum absolute atomic E-state index is 0.110. The molecule has 0 aromatic heterocycles. The van der Waals surface area contributed by atoms with Crippen LogP contribution in [-0.2, 0) is 20.3 Å². The summed E-state index contributed by atoms with van der Waals surface area (Å²) in [4.78, 5) is 12.2. The van der Waals surface area contributed by atoms with Crippen molar-refractivity contribution in [3.05, 3.63) is 65.7 Å². The molecule has 1 unspecified atom stereocenters. The summed E-state index contributed by atoms with van der Waals surface area (Å²) in [5.74, 6) is 0.0888. The molecule has 0 spiro atoms. The van der Waals surface area contributed by atoms with Gasteiger partial charge in [-0.05, 0) is 36.8 Å². The van der Waals surface area contributed by atoms with Crippen molar-refractivity contribution in [2.75, 3.05) is 12.9 Å². The molecule has 0 amide bonds. The standard InChI is InChI=1S/C18H20O5S/c1-14(12-22-17-9-4-3-5-10-17)23-18(19)16-8-6-7-15(11-16)13-24(2,20)21/h3-11,14H,12-13H2,1-2H3. The van der Waals surface area contributed by atoms with Crippen molar-refractivity contribution in [1.82, 2.24) is 0 Å². The highest BCUT2D eigenvalue weighted by Crippen LogP contribution is 2.12. The van der Waals surface area contributed by atoms with Crippen LogP contribution in [-0.4, -0.2) is 33.4 Å². The Morgan fingerprint density at radius 2 is 1.79 bits per heavy atom. The first-order valence-corrected chi connectivity index (χ1v) is 9.55. The predicted molar refractivity (Wildman–Crippen MR) is 91.8 cm³/mol. The zero-order valence-corrected chi connectivity index (χ0v) is 14.5. The number of ether oxygens (including phenoxy) is 2. The number of esters is 1. The largest absolute Gasteiger partial charge is 0.490 e. The molecule has 2 rings (SSSR count). The van der Waals surface area contributed by atoms with E-state index >= 15 is 0 Å². The number of hydrogen-bond donors (Lipinski definition) is 0. The molecule has 0 fully saturated rings. The first-order chi connectivity index (χ1) is 11.3. The lowest BCUT2D eigenvalue weighted by molar-refractivity contribution is 0.0228. The molecule has 2 aromatic carbocycles. The molecule has 0 N–H and O–H groups in total. The van der Waals surface area contributed by atoms with Crippen LogP contribution in [0.2, 0.25) is 0 Å². The van der Waals surface area contributed by atoms with E-state index in [-0.39, 0.29) is 12.4 Å². The zero-order chi connectivity index (χ0) is 17.6. The lowest BCUT2D eigenvalue weighted by Crippen LogP contribution is -2.22. The van der Waals surface area contributed by atoms with Crippen LogP contribution in [0, 0.1) is 0 Å². The second kappa shape index (κ2) is 7.97. The summed E-state index contributed by atoms with van der Waals surface area (Å²) in [6.45, 7) is 1.97. The topological polar surface area (TPSA) is 69.7 Å². The van der Waals surface area contributed by atoms with Gasteiger partial charge >= 0.3 is 5.97 Å². The summed E-state index contributed by atoms with van der Waals surface area (Å²) in [7, 11) is -3.15. The van der Waals surface area contributed by atoms with Gasteiger partial charge in [-0.3, -0.25) is 0 Å². The van der Waals surface area contributed by atoms with E-state index in [0.717, 1.165) is 6.26 Å². The van der Waals surface area contributed by atoms with Crippen LogP contribution in [0.15, 0.2) is 54.6 Å². The monoisotopic (exact) mass is 348 g/mol. The molecular formula is C18H20O5S. The lowest BCUT2D eigenvalue weighted by atomic mass is 10.1. The summed E-state index contributed by atoms with van der Waals surface area (Å²) < 4.78 is 33.6. The van der Waals surface area contributed by atoms with Crippen LogP contribution in [0.4, 0.5) is 0 Å². The Labute approximate surface area is 142 Å². The van der Waals surface area contributed by atoms with Crippen molar-refractivity contribution in [1.29, 1.82) is 0 Å². The van der Waals surface area contributed by atoms with Crippen LogP contribution in [0.5, 0.6) is 5.75 Å². The third-order valence-corrected chi connectivity index (χ3v) is 3.99. The van der Waals surface area contributed by atoms with E-state index < -0.39 is 21.9 Å². The van der Waals surface area contributed by atoms with Crippen molar-refractivity contribution in [3.8, 4) is 5.75 Å². The average Bonchev–Trinajstić information content (AvgIpc) is 2.52. The predicted octanol–water partition coefficient (Wildman–Crippen LogP) is 2.86. The van der Waals surface area contributed by atoms with Crippen LogP contribution in [0.25, 0.3) is 0 Å². The number of hydrogen-bond acceptors (Lipinski definition) is 5. The van der Waals surface area contributed by atoms with Crippen LogP contribution in [0.1, 0.15) is 22.8 Å². The van der Waals surface area contributed by atoms with Crippen molar-refractivity contribution in [2.24, 2.45) is 0 Å². The van der Waals surface area contributed by atoms with Gasteiger partial charge in [0.05, 0.1) is 11.3 Å². The number of carbonyl (C=O) groups excluding carboxylic acids is 1. The Morgan fingerprint density at radius 3 is 2.46 bits per heavy atom. The highest BCUT2D eigenvalue weighted by atomic mass is 32.2. The van der Waals surface area contributed by atoms with Gasteiger partial charge in [0.15, 0.2) is 9.84 Å². The van der Waals surface area contributed by atoms with Gasteiger partial charge in [0.25, 0.3) is 0 Å². The Morgan fingerprint density at radius 1 is 1.08 bits per heavy atom. The van der Waals surface area contributed by atoms with Crippen LogP contribution < -0.4 is 4.74 Å². The fourth-order valence-electron chi connectivity index (χ4n) is 2.11. The molecule has 0 heterocycles. The molecule has 0 saturated heterocycles. The van der Waals surface area contributed by atoms with Gasteiger partial charge in [-0.15, -0.1) is 0 Å². The molecule has 6 heteroatoms. The highest BCUT2D eigenvalue weighted by molar-refractivity contribution is 7.89. The normalized spacial score (nSPS) is 12.4. The molecule has 24 heavy (non-hydrogen) atoms. The molecule has 0 bridgehead atoms. The van der Waals surface area contributed by atoms with Gasteiger partial charge in [-0.25, -0.2) is 13.2 Å². The molecule has 0 aliphatic carbocycles. The van der Waals surface area contributed by atoms with Gasteiger partial charge in [-0.2, -0.15) is 0 Å². The Kier molecular flexibility index (Phi) is 5.98. The molecule has 2 aromatic rings. The zero-order valence-electron chi connectivity index (χ0n) is 13.6. The van der Waals surface area contributed by atoms with E-state index in [1.165, 1.54) is 6.07 Å².